The average Bonchev–Trinajstić information content (AvgIpc) is 2.85. The fraction of sp³-hybridized carbons (Fsp3) is 0.632. The predicted molar refractivity (Wildman–Crippen MR) is 90.3 cm³/mol. The highest BCUT2D eigenvalue weighted by atomic mass is 16.5. The molecule has 0 spiro atoms. The first-order valence-corrected chi connectivity index (χ1v) is 8.46. The van der Waals surface area contributed by atoms with Gasteiger partial charge < -0.3 is 4.74 Å². The molecule has 0 N–H and O–H groups in total. The van der Waals surface area contributed by atoms with Crippen molar-refractivity contribution in [3.05, 3.63) is 35.6 Å². The third kappa shape index (κ3) is 3.89. The van der Waals surface area contributed by atoms with Gasteiger partial charge in [-0.3, -0.25) is 9.69 Å². The molecule has 0 aromatic carbocycles. The Labute approximate surface area is 134 Å². The van der Waals surface area contributed by atoms with Crippen molar-refractivity contribution in [2.45, 2.75) is 59.5 Å². The van der Waals surface area contributed by atoms with E-state index in [-0.39, 0.29) is 17.8 Å². The molecule has 0 aromatic rings. The molecular formula is C19H29NO2. The van der Waals surface area contributed by atoms with E-state index in [0.717, 1.165) is 18.6 Å². The summed E-state index contributed by atoms with van der Waals surface area (Å²) in [5.41, 5.74) is 1.41. The predicted octanol–water partition coefficient (Wildman–Crippen LogP) is 4.07. The number of ether oxygens (including phenoxy) is 1. The zero-order chi connectivity index (χ0) is 16.3. The van der Waals surface area contributed by atoms with Gasteiger partial charge in [0.2, 0.25) is 0 Å². The highest BCUT2D eigenvalue weighted by Gasteiger charge is 2.34. The summed E-state index contributed by atoms with van der Waals surface area (Å²) in [6, 6.07) is 0.866. The summed E-state index contributed by atoms with van der Waals surface area (Å²) >= 11 is 0. The molecule has 0 amide bonds. The van der Waals surface area contributed by atoms with Crippen LogP contribution in [0.2, 0.25) is 0 Å². The molecule has 1 aliphatic carbocycles. The number of carbonyl (C=O) groups is 1. The number of hydrogen-bond donors (Lipinski definition) is 0. The van der Waals surface area contributed by atoms with Crippen LogP contribution in [0.1, 0.15) is 47.5 Å². The first-order chi connectivity index (χ1) is 10.4. The van der Waals surface area contributed by atoms with Gasteiger partial charge >= 0.3 is 5.97 Å². The van der Waals surface area contributed by atoms with Crippen LogP contribution >= 0.6 is 0 Å². The highest BCUT2D eigenvalue weighted by Crippen LogP contribution is 2.33. The van der Waals surface area contributed by atoms with Crippen LogP contribution in [0.3, 0.4) is 0 Å². The second kappa shape index (κ2) is 7.28. The molecule has 3 heteroatoms. The van der Waals surface area contributed by atoms with E-state index >= 15 is 0 Å². The fourth-order valence-electron chi connectivity index (χ4n) is 3.31. The third-order valence-electron chi connectivity index (χ3n) is 4.64. The Morgan fingerprint density at radius 3 is 2.55 bits per heavy atom. The maximum atomic E-state index is 12.3. The van der Waals surface area contributed by atoms with Gasteiger partial charge in [-0.15, -0.1) is 0 Å². The lowest BCUT2D eigenvalue weighted by Crippen LogP contribution is -2.38. The van der Waals surface area contributed by atoms with E-state index in [1.165, 1.54) is 5.57 Å². The number of allylic oxidation sites excluding steroid dienone is 4. The summed E-state index contributed by atoms with van der Waals surface area (Å²) < 4.78 is 5.55. The van der Waals surface area contributed by atoms with Crippen molar-refractivity contribution < 1.29 is 9.53 Å². The van der Waals surface area contributed by atoms with E-state index in [1.54, 1.807) is 0 Å². The largest absolute Gasteiger partial charge is 0.430 e. The van der Waals surface area contributed by atoms with Crippen LogP contribution in [0.5, 0.6) is 0 Å². The van der Waals surface area contributed by atoms with E-state index in [0.29, 0.717) is 18.6 Å². The topological polar surface area (TPSA) is 29.5 Å². The summed E-state index contributed by atoms with van der Waals surface area (Å²) in [6.07, 6.45) is 10.5. The van der Waals surface area contributed by atoms with Crippen molar-refractivity contribution in [2.24, 2.45) is 11.8 Å². The molecule has 2 aliphatic rings. The van der Waals surface area contributed by atoms with Crippen LogP contribution in [0, 0.1) is 11.8 Å². The van der Waals surface area contributed by atoms with Crippen LogP contribution in [0.15, 0.2) is 35.6 Å². The molecule has 3 nitrogen and oxygen atoms in total. The SMILES string of the molecule is CCC1=CC=CC(C2C=C(CN(C(C)C)C(C)C)OC2=O)C1. The summed E-state index contributed by atoms with van der Waals surface area (Å²) in [4.78, 5) is 14.6. The smallest absolute Gasteiger partial charge is 0.318 e. The molecule has 0 fully saturated rings. The van der Waals surface area contributed by atoms with E-state index < -0.39 is 0 Å². The Balaban J connectivity index is 2.06. The fourth-order valence-corrected chi connectivity index (χ4v) is 3.31. The van der Waals surface area contributed by atoms with E-state index in [4.69, 9.17) is 4.74 Å². The number of esters is 1. The lowest BCUT2D eigenvalue weighted by atomic mass is 9.83. The molecule has 0 radical (unpaired) electrons. The van der Waals surface area contributed by atoms with Crippen molar-refractivity contribution >= 4 is 5.97 Å². The van der Waals surface area contributed by atoms with Gasteiger partial charge in [-0.25, -0.2) is 0 Å². The lowest BCUT2D eigenvalue weighted by molar-refractivity contribution is -0.141. The Morgan fingerprint density at radius 1 is 1.27 bits per heavy atom. The van der Waals surface area contributed by atoms with Gasteiger partial charge in [0, 0.05) is 12.1 Å². The Bertz CT molecular complexity index is 492. The first-order valence-electron chi connectivity index (χ1n) is 8.46. The van der Waals surface area contributed by atoms with E-state index in [9.17, 15) is 4.79 Å². The zero-order valence-corrected chi connectivity index (χ0v) is 14.5. The van der Waals surface area contributed by atoms with E-state index in [2.05, 4.69) is 57.7 Å². The Morgan fingerprint density at radius 2 is 1.95 bits per heavy atom. The van der Waals surface area contributed by atoms with Gasteiger partial charge in [0.15, 0.2) is 0 Å². The molecule has 2 rings (SSSR count). The van der Waals surface area contributed by atoms with Crippen molar-refractivity contribution in [1.82, 2.24) is 4.90 Å². The summed E-state index contributed by atoms with van der Waals surface area (Å²) in [7, 11) is 0. The second-order valence-corrected chi connectivity index (χ2v) is 6.87. The van der Waals surface area contributed by atoms with Gasteiger partial charge in [0.1, 0.15) is 5.76 Å². The summed E-state index contributed by atoms with van der Waals surface area (Å²) in [5.74, 6) is 0.854. The maximum Gasteiger partial charge on any atom is 0.318 e. The zero-order valence-electron chi connectivity index (χ0n) is 14.5. The normalized spacial score (nSPS) is 25.0. The number of hydrogen-bond acceptors (Lipinski definition) is 3. The monoisotopic (exact) mass is 303 g/mol. The molecule has 0 saturated carbocycles. The van der Waals surface area contributed by atoms with Gasteiger partial charge in [-0.2, -0.15) is 0 Å². The van der Waals surface area contributed by atoms with Gasteiger partial charge in [0.25, 0.3) is 0 Å². The summed E-state index contributed by atoms with van der Waals surface area (Å²) in [5, 5.41) is 0. The average molecular weight is 303 g/mol. The van der Waals surface area contributed by atoms with E-state index in [1.807, 2.05) is 6.08 Å². The number of cyclic esters (lactones) is 1. The molecule has 22 heavy (non-hydrogen) atoms. The third-order valence-corrected chi connectivity index (χ3v) is 4.64. The molecule has 1 heterocycles. The number of carbonyl (C=O) groups excluding carboxylic acids is 1. The highest BCUT2D eigenvalue weighted by molar-refractivity contribution is 5.79. The Hall–Kier alpha value is -1.35. The van der Waals surface area contributed by atoms with Crippen molar-refractivity contribution in [2.75, 3.05) is 6.54 Å². The molecule has 0 bridgehead atoms. The van der Waals surface area contributed by atoms with Gasteiger partial charge in [0.05, 0.1) is 12.5 Å². The summed E-state index contributed by atoms with van der Waals surface area (Å²) in [6.45, 7) is 11.6. The second-order valence-electron chi connectivity index (χ2n) is 6.87. The van der Waals surface area contributed by atoms with Crippen LogP contribution in [0.25, 0.3) is 0 Å². The first kappa shape index (κ1) is 17.0. The molecule has 2 unspecified atom stereocenters. The van der Waals surface area contributed by atoms with Crippen molar-refractivity contribution in [1.29, 1.82) is 0 Å². The molecule has 1 aliphatic heterocycles. The van der Waals surface area contributed by atoms with Crippen LogP contribution in [-0.2, 0) is 9.53 Å². The maximum absolute atomic E-state index is 12.3. The lowest BCUT2D eigenvalue weighted by Gasteiger charge is -2.30. The minimum atomic E-state index is -0.123. The quantitative estimate of drug-likeness (QED) is 0.693. The number of rotatable bonds is 6. The van der Waals surface area contributed by atoms with Crippen molar-refractivity contribution in [3.8, 4) is 0 Å². The van der Waals surface area contributed by atoms with Crippen LogP contribution in [-0.4, -0.2) is 29.5 Å². The van der Waals surface area contributed by atoms with Crippen LogP contribution in [0.4, 0.5) is 0 Å². The standard InChI is InChI=1S/C19H29NO2/c1-6-15-8-7-9-16(10-15)18-11-17(22-19(18)21)12-20(13(2)3)14(4)5/h7-9,11,13-14,16,18H,6,10,12H2,1-5H3. The molecule has 0 aromatic heterocycles. The minimum Gasteiger partial charge on any atom is -0.430 e. The molecular weight excluding hydrogens is 274 g/mol. The van der Waals surface area contributed by atoms with Gasteiger partial charge in [-0.1, -0.05) is 30.7 Å². The molecule has 2 atom stereocenters. The van der Waals surface area contributed by atoms with Crippen molar-refractivity contribution in [3.63, 3.8) is 0 Å². The van der Waals surface area contributed by atoms with Crippen LogP contribution < -0.4 is 0 Å². The van der Waals surface area contributed by atoms with Gasteiger partial charge in [-0.05, 0) is 52.5 Å². The Kier molecular flexibility index (Phi) is 5.63. The minimum absolute atomic E-state index is 0.0885. The number of nitrogens with zero attached hydrogens (tertiary/aromatic N) is 1. The molecule has 122 valence electrons. The molecule has 0 saturated heterocycles.